The number of carboxylic acid groups (broad SMARTS) is 1. The van der Waals surface area contributed by atoms with Gasteiger partial charge in [-0.2, -0.15) is 11.3 Å². The summed E-state index contributed by atoms with van der Waals surface area (Å²) in [6.45, 7) is 1.98. The Labute approximate surface area is 105 Å². The normalized spacial score (nSPS) is 12.3. The van der Waals surface area contributed by atoms with E-state index in [2.05, 4.69) is 0 Å². The Morgan fingerprint density at radius 2 is 2.24 bits per heavy atom. The van der Waals surface area contributed by atoms with Gasteiger partial charge in [-0.15, -0.1) is 0 Å². The van der Waals surface area contributed by atoms with Gasteiger partial charge in [0.15, 0.2) is 0 Å². The van der Waals surface area contributed by atoms with Gasteiger partial charge in [0.1, 0.15) is 0 Å². The fraction of sp³-hybridized carbons (Fsp3) is 0.214. The second-order valence-electron chi connectivity index (χ2n) is 4.14. The molecule has 0 saturated heterocycles. The minimum Gasteiger partial charge on any atom is -0.481 e. The summed E-state index contributed by atoms with van der Waals surface area (Å²) in [4.78, 5) is 11.3. The average Bonchev–Trinajstić information content (AvgIpc) is 2.78. The molecule has 0 bridgehead atoms. The largest absolute Gasteiger partial charge is 0.481 e. The molecule has 0 aliphatic carbocycles. The lowest BCUT2D eigenvalue weighted by Gasteiger charge is -2.12. The zero-order chi connectivity index (χ0) is 12.3. The highest BCUT2D eigenvalue weighted by atomic mass is 32.1. The molecule has 2 nitrogen and oxygen atoms in total. The van der Waals surface area contributed by atoms with Gasteiger partial charge in [-0.1, -0.05) is 29.8 Å². The van der Waals surface area contributed by atoms with Gasteiger partial charge >= 0.3 is 5.97 Å². The molecule has 1 N–H and O–H groups in total. The Bertz CT molecular complexity index is 503. The number of hydrogen-bond acceptors (Lipinski definition) is 2. The molecule has 0 aliphatic rings. The van der Waals surface area contributed by atoms with E-state index in [9.17, 15) is 9.90 Å². The van der Waals surface area contributed by atoms with Gasteiger partial charge in [0.2, 0.25) is 0 Å². The van der Waals surface area contributed by atoms with E-state index < -0.39 is 11.9 Å². The van der Waals surface area contributed by atoms with Crippen LogP contribution in [0.5, 0.6) is 0 Å². The smallest absolute Gasteiger partial charge is 0.311 e. The van der Waals surface area contributed by atoms with E-state index in [4.69, 9.17) is 0 Å². The summed E-state index contributed by atoms with van der Waals surface area (Å²) in [5.41, 5.74) is 3.06. The predicted octanol–water partition coefficient (Wildman–Crippen LogP) is 3.47. The Balaban J connectivity index is 2.26. The highest BCUT2D eigenvalue weighted by Gasteiger charge is 2.20. The fourth-order valence-corrected chi connectivity index (χ4v) is 2.56. The monoisotopic (exact) mass is 246 g/mol. The topological polar surface area (TPSA) is 37.3 Å². The van der Waals surface area contributed by atoms with E-state index in [0.29, 0.717) is 6.42 Å². The Morgan fingerprint density at radius 3 is 2.82 bits per heavy atom. The van der Waals surface area contributed by atoms with Crippen molar-refractivity contribution in [2.45, 2.75) is 19.3 Å². The van der Waals surface area contributed by atoms with Crippen LogP contribution in [0, 0.1) is 6.92 Å². The van der Waals surface area contributed by atoms with E-state index in [1.165, 1.54) is 0 Å². The third-order valence-electron chi connectivity index (χ3n) is 2.76. The van der Waals surface area contributed by atoms with Crippen LogP contribution < -0.4 is 0 Å². The fourth-order valence-electron chi connectivity index (χ4n) is 1.88. The number of rotatable bonds is 4. The summed E-state index contributed by atoms with van der Waals surface area (Å²) in [5.74, 6) is -1.22. The van der Waals surface area contributed by atoms with Crippen LogP contribution in [0.4, 0.5) is 0 Å². The van der Waals surface area contributed by atoms with E-state index >= 15 is 0 Å². The second kappa shape index (κ2) is 5.15. The molecule has 17 heavy (non-hydrogen) atoms. The summed E-state index contributed by atoms with van der Waals surface area (Å²) >= 11 is 1.60. The third kappa shape index (κ3) is 2.94. The number of carboxylic acids is 1. The number of benzene rings is 1. The molecule has 88 valence electrons. The number of thiophene rings is 1. The molecular weight excluding hydrogens is 232 g/mol. The molecule has 0 fully saturated rings. The average molecular weight is 246 g/mol. The van der Waals surface area contributed by atoms with E-state index in [1.54, 1.807) is 11.3 Å². The van der Waals surface area contributed by atoms with E-state index in [1.807, 2.05) is 48.0 Å². The van der Waals surface area contributed by atoms with Crippen molar-refractivity contribution in [2.24, 2.45) is 0 Å². The molecule has 0 spiro atoms. The molecular formula is C14H14O2S. The lowest BCUT2D eigenvalue weighted by atomic mass is 9.92. The molecule has 1 aromatic heterocycles. The molecule has 0 amide bonds. The van der Waals surface area contributed by atoms with Crippen LogP contribution >= 0.6 is 11.3 Å². The number of carbonyl (C=O) groups is 1. The molecule has 1 aromatic carbocycles. The van der Waals surface area contributed by atoms with Crippen molar-refractivity contribution < 1.29 is 9.90 Å². The van der Waals surface area contributed by atoms with E-state index in [-0.39, 0.29) is 0 Å². The van der Waals surface area contributed by atoms with Crippen molar-refractivity contribution in [2.75, 3.05) is 0 Å². The van der Waals surface area contributed by atoms with Gasteiger partial charge in [-0.25, -0.2) is 0 Å². The first-order chi connectivity index (χ1) is 8.16. The number of hydrogen-bond donors (Lipinski definition) is 1. The summed E-state index contributed by atoms with van der Waals surface area (Å²) in [6, 6.07) is 9.71. The first-order valence-corrected chi connectivity index (χ1v) is 6.41. The van der Waals surface area contributed by atoms with Crippen molar-refractivity contribution in [3.05, 3.63) is 57.8 Å². The molecule has 1 unspecified atom stereocenters. The molecule has 2 aromatic rings. The van der Waals surface area contributed by atoms with Crippen LogP contribution in [0.3, 0.4) is 0 Å². The van der Waals surface area contributed by atoms with Crippen molar-refractivity contribution >= 4 is 17.3 Å². The van der Waals surface area contributed by atoms with Crippen LogP contribution in [0.1, 0.15) is 22.6 Å². The summed E-state index contributed by atoms with van der Waals surface area (Å²) in [5, 5.41) is 13.3. The predicted molar refractivity (Wildman–Crippen MR) is 69.6 cm³/mol. The van der Waals surface area contributed by atoms with Crippen LogP contribution in [0.2, 0.25) is 0 Å². The van der Waals surface area contributed by atoms with Gasteiger partial charge in [0.25, 0.3) is 0 Å². The Kier molecular flexibility index (Phi) is 3.59. The first-order valence-electron chi connectivity index (χ1n) is 5.47. The Morgan fingerprint density at radius 1 is 1.41 bits per heavy atom. The van der Waals surface area contributed by atoms with Crippen LogP contribution in [-0.4, -0.2) is 11.1 Å². The zero-order valence-electron chi connectivity index (χ0n) is 9.59. The van der Waals surface area contributed by atoms with Crippen molar-refractivity contribution in [1.29, 1.82) is 0 Å². The molecule has 0 aliphatic heterocycles. The van der Waals surface area contributed by atoms with Gasteiger partial charge in [0, 0.05) is 0 Å². The lowest BCUT2D eigenvalue weighted by Crippen LogP contribution is -2.14. The van der Waals surface area contributed by atoms with Crippen LogP contribution in [0.25, 0.3) is 0 Å². The minimum absolute atomic E-state index is 0.454. The van der Waals surface area contributed by atoms with Crippen LogP contribution in [0.15, 0.2) is 41.1 Å². The zero-order valence-corrected chi connectivity index (χ0v) is 10.4. The highest BCUT2D eigenvalue weighted by molar-refractivity contribution is 7.07. The first kappa shape index (κ1) is 11.9. The minimum atomic E-state index is -0.762. The van der Waals surface area contributed by atoms with Gasteiger partial charge in [-0.3, -0.25) is 4.79 Å². The van der Waals surface area contributed by atoms with Gasteiger partial charge < -0.3 is 5.11 Å². The molecule has 0 radical (unpaired) electrons. The maximum atomic E-state index is 11.3. The summed E-state index contributed by atoms with van der Waals surface area (Å²) < 4.78 is 0. The maximum Gasteiger partial charge on any atom is 0.311 e. The Hall–Kier alpha value is -1.61. The standard InChI is InChI=1S/C14H14O2S/c1-10-3-2-4-12(7-10)13(14(15)16)8-11-5-6-17-9-11/h2-7,9,13H,8H2,1H3,(H,15,16). The van der Waals surface area contributed by atoms with Crippen molar-refractivity contribution in [1.82, 2.24) is 0 Å². The summed E-state index contributed by atoms with van der Waals surface area (Å²) in [6.07, 6.45) is 0.558. The molecule has 1 atom stereocenters. The molecule has 2 rings (SSSR count). The van der Waals surface area contributed by atoms with Gasteiger partial charge in [0.05, 0.1) is 5.92 Å². The number of aliphatic carboxylic acids is 1. The maximum absolute atomic E-state index is 11.3. The second-order valence-corrected chi connectivity index (χ2v) is 4.92. The molecule has 0 saturated carbocycles. The molecule has 3 heteroatoms. The third-order valence-corrected chi connectivity index (χ3v) is 3.49. The highest BCUT2D eigenvalue weighted by Crippen LogP contribution is 2.23. The molecule has 1 heterocycles. The van der Waals surface area contributed by atoms with E-state index in [0.717, 1.165) is 16.7 Å². The van der Waals surface area contributed by atoms with Crippen LogP contribution in [-0.2, 0) is 11.2 Å². The number of aryl methyl sites for hydroxylation is 1. The summed E-state index contributed by atoms with van der Waals surface area (Å²) in [7, 11) is 0. The SMILES string of the molecule is Cc1cccc(C(Cc2ccsc2)C(=O)O)c1. The van der Waals surface area contributed by atoms with Crippen molar-refractivity contribution in [3.63, 3.8) is 0 Å². The van der Waals surface area contributed by atoms with Gasteiger partial charge in [-0.05, 0) is 41.3 Å². The quantitative estimate of drug-likeness (QED) is 0.897. The van der Waals surface area contributed by atoms with Crippen molar-refractivity contribution in [3.8, 4) is 0 Å². The lowest BCUT2D eigenvalue weighted by molar-refractivity contribution is -0.138.